The molecule has 0 radical (unpaired) electrons. The zero-order chi connectivity index (χ0) is 8.43. The molecule has 60 valence electrons. The highest BCUT2D eigenvalue weighted by Gasteiger charge is 2.03. The van der Waals surface area contributed by atoms with Gasteiger partial charge < -0.3 is 0 Å². The van der Waals surface area contributed by atoms with Crippen LogP contribution < -0.4 is 5.56 Å². The summed E-state index contributed by atoms with van der Waals surface area (Å²) in [6.45, 7) is 0. The summed E-state index contributed by atoms with van der Waals surface area (Å²) in [4.78, 5) is 11.2. The second-order valence-electron chi connectivity index (χ2n) is 1.84. The predicted molar refractivity (Wildman–Crippen MR) is 51.8 cm³/mol. The molecule has 0 bridgehead atoms. The first-order valence-corrected chi connectivity index (χ1v) is 5.10. The SMILES string of the molecule is CSc1nnc(I)c(=O)n1C. The number of thioether (sulfide) groups is 1. The maximum Gasteiger partial charge on any atom is 0.286 e. The number of aromatic nitrogens is 3. The van der Waals surface area contributed by atoms with E-state index in [1.54, 1.807) is 7.05 Å². The summed E-state index contributed by atoms with van der Waals surface area (Å²) in [5.74, 6) is 0. The highest BCUT2D eigenvalue weighted by Crippen LogP contribution is 2.05. The van der Waals surface area contributed by atoms with Gasteiger partial charge in [-0.25, -0.2) is 0 Å². The lowest BCUT2D eigenvalue weighted by Gasteiger charge is -2.00. The van der Waals surface area contributed by atoms with Crippen molar-refractivity contribution in [2.24, 2.45) is 7.05 Å². The molecule has 1 rings (SSSR count). The molecule has 0 aliphatic heterocycles. The van der Waals surface area contributed by atoms with Crippen LogP contribution in [0.3, 0.4) is 0 Å². The molecule has 6 heteroatoms. The monoisotopic (exact) mass is 283 g/mol. The maximum absolute atomic E-state index is 11.2. The smallest absolute Gasteiger partial charge is 0.286 e. The van der Waals surface area contributed by atoms with E-state index >= 15 is 0 Å². The standard InChI is InChI=1S/C5H6IN3OS/c1-9-4(10)3(6)7-8-5(9)11-2/h1-2H3. The average molecular weight is 283 g/mol. The van der Waals surface area contributed by atoms with Crippen LogP contribution in [0.4, 0.5) is 0 Å². The van der Waals surface area contributed by atoms with E-state index in [9.17, 15) is 4.79 Å². The zero-order valence-electron chi connectivity index (χ0n) is 6.04. The normalized spacial score (nSPS) is 10.1. The lowest BCUT2D eigenvalue weighted by atomic mass is 10.8. The molecule has 1 aromatic rings. The van der Waals surface area contributed by atoms with Gasteiger partial charge in [-0.2, -0.15) is 0 Å². The second kappa shape index (κ2) is 3.53. The summed E-state index contributed by atoms with van der Waals surface area (Å²) < 4.78 is 1.89. The Balaban J connectivity index is 3.37. The van der Waals surface area contributed by atoms with Crippen LogP contribution >= 0.6 is 34.4 Å². The molecule has 0 atom stereocenters. The van der Waals surface area contributed by atoms with E-state index in [2.05, 4.69) is 10.2 Å². The molecule has 0 aliphatic rings. The van der Waals surface area contributed by atoms with Gasteiger partial charge in [-0.1, -0.05) is 11.8 Å². The first kappa shape index (κ1) is 8.98. The van der Waals surface area contributed by atoms with E-state index in [1.165, 1.54) is 16.3 Å². The highest BCUT2D eigenvalue weighted by atomic mass is 127. The van der Waals surface area contributed by atoms with Gasteiger partial charge in [-0.15, -0.1) is 10.2 Å². The molecule has 0 saturated heterocycles. The number of halogens is 1. The van der Waals surface area contributed by atoms with Crippen molar-refractivity contribution in [3.05, 3.63) is 14.1 Å². The lowest BCUT2D eigenvalue weighted by Crippen LogP contribution is -2.23. The Hall–Kier alpha value is -0.110. The van der Waals surface area contributed by atoms with Crippen molar-refractivity contribution in [1.82, 2.24) is 14.8 Å². The molecule has 0 unspecified atom stereocenters. The van der Waals surface area contributed by atoms with Gasteiger partial charge in [0, 0.05) is 7.05 Å². The van der Waals surface area contributed by atoms with Crippen molar-refractivity contribution in [1.29, 1.82) is 0 Å². The number of nitrogens with zero attached hydrogens (tertiary/aromatic N) is 3. The molecule has 1 heterocycles. The fourth-order valence-electron chi connectivity index (χ4n) is 0.600. The molecule has 0 aromatic carbocycles. The van der Waals surface area contributed by atoms with Gasteiger partial charge in [-0.05, 0) is 28.8 Å². The minimum absolute atomic E-state index is 0.0926. The first-order valence-electron chi connectivity index (χ1n) is 2.80. The van der Waals surface area contributed by atoms with Crippen LogP contribution in [-0.4, -0.2) is 21.0 Å². The molecule has 0 amide bonds. The van der Waals surface area contributed by atoms with Gasteiger partial charge in [0.2, 0.25) is 0 Å². The van der Waals surface area contributed by atoms with E-state index < -0.39 is 0 Å². The Morgan fingerprint density at radius 3 is 2.73 bits per heavy atom. The lowest BCUT2D eigenvalue weighted by molar-refractivity contribution is 0.651. The van der Waals surface area contributed by atoms with Gasteiger partial charge in [0.05, 0.1) is 0 Å². The van der Waals surface area contributed by atoms with Gasteiger partial charge in [0.15, 0.2) is 8.86 Å². The molecule has 4 nitrogen and oxygen atoms in total. The summed E-state index contributed by atoms with van der Waals surface area (Å²) in [5.41, 5.74) is -0.0926. The van der Waals surface area contributed by atoms with E-state index in [0.29, 0.717) is 8.86 Å². The first-order chi connectivity index (χ1) is 5.16. The van der Waals surface area contributed by atoms with Gasteiger partial charge in [-0.3, -0.25) is 9.36 Å². The Kier molecular flexibility index (Phi) is 2.88. The van der Waals surface area contributed by atoms with E-state index in [4.69, 9.17) is 0 Å². The summed E-state index contributed by atoms with van der Waals surface area (Å²) in [6, 6.07) is 0. The van der Waals surface area contributed by atoms with Gasteiger partial charge >= 0.3 is 0 Å². The summed E-state index contributed by atoms with van der Waals surface area (Å²) in [6.07, 6.45) is 1.86. The third-order valence-corrected chi connectivity index (χ3v) is 2.57. The fourth-order valence-corrected chi connectivity index (χ4v) is 1.55. The Morgan fingerprint density at radius 2 is 2.18 bits per heavy atom. The number of hydrogen-bond acceptors (Lipinski definition) is 4. The minimum Gasteiger partial charge on any atom is -0.287 e. The summed E-state index contributed by atoms with van der Waals surface area (Å²) >= 11 is 3.27. The Morgan fingerprint density at radius 1 is 1.55 bits per heavy atom. The highest BCUT2D eigenvalue weighted by molar-refractivity contribution is 14.1. The topological polar surface area (TPSA) is 47.8 Å². The van der Waals surface area contributed by atoms with Gasteiger partial charge in [0.1, 0.15) is 0 Å². The largest absolute Gasteiger partial charge is 0.287 e. The summed E-state index contributed by atoms with van der Waals surface area (Å²) in [5, 5.41) is 8.15. The van der Waals surface area contributed by atoms with Crippen LogP contribution in [0, 0.1) is 3.70 Å². The van der Waals surface area contributed by atoms with Crippen LogP contribution in [-0.2, 0) is 7.05 Å². The minimum atomic E-state index is -0.0926. The molecule has 0 N–H and O–H groups in total. The second-order valence-corrected chi connectivity index (χ2v) is 3.64. The van der Waals surface area contributed by atoms with Crippen LogP contribution in [0.1, 0.15) is 0 Å². The quantitative estimate of drug-likeness (QED) is 0.556. The third-order valence-electron chi connectivity index (χ3n) is 1.17. The van der Waals surface area contributed by atoms with Crippen molar-refractivity contribution >= 4 is 34.4 Å². The Bertz CT molecular complexity index is 324. The summed E-state index contributed by atoms with van der Waals surface area (Å²) in [7, 11) is 1.69. The number of rotatable bonds is 1. The molecular formula is C5H6IN3OS. The van der Waals surface area contributed by atoms with Crippen molar-refractivity contribution in [2.75, 3.05) is 6.26 Å². The molecule has 11 heavy (non-hydrogen) atoms. The van der Waals surface area contributed by atoms with Crippen LogP contribution in [0.15, 0.2) is 9.95 Å². The van der Waals surface area contributed by atoms with Crippen molar-refractivity contribution < 1.29 is 0 Å². The van der Waals surface area contributed by atoms with Crippen LogP contribution in [0.25, 0.3) is 0 Å². The predicted octanol–water partition coefficient (Wildman–Crippen LogP) is 0.502. The van der Waals surface area contributed by atoms with Crippen molar-refractivity contribution in [3.63, 3.8) is 0 Å². The maximum atomic E-state index is 11.2. The van der Waals surface area contributed by atoms with Crippen molar-refractivity contribution in [2.45, 2.75) is 5.16 Å². The van der Waals surface area contributed by atoms with E-state index in [0.717, 1.165) is 0 Å². The van der Waals surface area contributed by atoms with Crippen LogP contribution in [0.2, 0.25) is 0 Å². The molecule has 1 aromatic heterocycles. The van der Waals surface area contributed by atoms with Crippen molar-refractivity contribution in [3.8, 4) is 0 Å². The molecule has 0 spiro atoms. The molecule has 0 fully saturated rings. The molecule has 0 aliphatic carbocycles. The number of hydrogen-bond donors (Lipinski definition) is 0. The van der Waals surface area contributed by atoms with E-state index in [1.807, 2.05) is 28.8 Å². The molecule has 0 saturated carbocycles. The third kappa shape index (κ3) is 1.73. The zero-order valence-corrected chi connectivity index (χ0v) is 9.01. The Labute approximate surface area is 81.5 Å². The molecular weight excluding hydrogens is 277 g/mol. The van der Waals surface area contributed by atoms with Crippen LogP contribution in [0.5, 0.6) is 0 Å². The van der Waals surface area contributed by atoms with Gasteiger partial charge in [0.25, 0.3) is 5.56 Å². The van der Waals surface area contributed by atoms with E-state index in [-0.39, 0.29) is 5.56 Å². The average Bonchev–Trinajstić information content (AvgIpc) is 2.01. The fraction of sp³-hybridized carbons (Fsp3) is 0.400.